The second kappa shape index (κ2) is 5.49. The number of nitrogens with zero attached hydrogens (tertiary/aromatic N) is 2. The number of rotatable bonds is 4. The van der Waals surface area contributed by atoms with Crippen LogP contribution in [0, 0.1) is 6.92 Å². The van der Waals surface area contributed by atoms with Crippen molar-refractivity contribution in [2.75, 3.05) is 12.3 Å². The van der Waals surface area contributed by atoms with Gasteiger partial charge in [-0.3, -0.25) is 4.98 Å². The Morgan fingerprint density at radius 1 is 1.28 bits per heavy atom. The molecule has 0 aliphatic heterocycles. The molecule has 0 radical (unpaired) electrons. The lowest BCUT2D eigenvalue weighted by atomic mass is 10.1. The van der Waals surface area contributed by atoms with Crippen LogP contribution in [0.3, 0.4) is 0 Å². The molecule has 0 bridgehead atoms. The maximum absolute atomic E-state index is 5.65. The molecule has 0 aliphatic carbocycles. The third-order valence-corrected chi connectivity index (χ3v) is 2.60. The van der Waals surface area contributed by atoms with E-state index >= 15 is 0 Å². The minimum Gasteiger partial charge on any atom is -0.492 e. The van der Waals surface area contributed by atoms with Crippen molar-refractivity contribution in [2.45, 2.75) is 20.3 Å². The second-order valence-electron chi connectivity index (χ2n) is 4.13. The number of ether oxygens (including phenoxy) is 1. The average Bonchev–Trinajstić information content (AvgIpc) is 2.36. The van der Waals surface area contributed by atoms with Crippen molar-refractivity contribution < 1.29 is 4.74 Å². The van der Waals surface area contributed by atoms with Crippen LogP contribution in [-0.2, 0) is 0 Å². The van der Waals surface area contributed by atoms with Crippen LogP contribution in [0.5, 0.6) is 5.75 Å². The Balaban J connectivity index is 2.32. The lowest BCUT2D eigenvalue weighted by Gasteiger charge is -2.08. The van der Waals surface area contributed by atoms with Gasteiger partial charge in [0.05, 0.1) is 12.8 Å². The summed E-state index contributed by atoms with van der Waals surface area (Å²) in [6.45, 7) is 4.71. The Hall–Kier alpha value is -2.10. The number of nitrogen functional groups attached to an aromatic ring is 1. The predicted molar refractivity (Wildman–Crippen MR) is 72.4 cm³/mol. The summed E-state index contributed by atoms with van der Waals surface area (Å²) in [5.41, 5.74) is 8.56. The Kier molecular flexibility index (Phi) is 3.77. The average molecular weight is 243 g/mol. The minimum absolute atomic E-state index is 0.530. The maximum atomic E-state index is 5.65. The van der Waals surface area contributed by atoms with Gasteiger partial charge in [0.1, 0.15) is 11.6 Å². The fourth-order valence-electron chi connectivity index (χ4n) is 1.75. The summed E-state index contributed by atoms with van der Waals surface area (Å²) in [6, 6.07) is 5.73. The highest BCUT2D eigenvalue weighted by atomic mass is 16.5. The van der Waals surface area contributed by atoms with E-state index in [0.717, 1.165) is 29.0 Å². The number of nitrogens with two attached hydrogens (primary N) is 1. The van der Waals surface area contributed by atoms with E-state index in [2.05, 4.69) is 16.9 Å². The van der Waals surface area contributed by atoms with E-state index in [-0.39, 0.29) is 0 Å². The van der Waals surface area contributed by atoms with E-state index < -0.39 is 0 Å². The number of pyridine rings is 2. The molecule has 0 atom stereocenters. The molecule has 0 saturated heterocycles. The summed E-state index contributed by atoms with van der Waals surface area (Å²) in [6.07, 6.45) is 4.50. The SMILES string of the molecule is CCCOc1cncc(-c2ccc(N)nc2C)c1. The number of aromatic nitrogens is 2. The molecule has 0 fully saturated rings. The van der Waals surface area contributed by atoms with Gasteiger partial charge in [-0.2, -0.15) is 0 Å². The van der Waals surface area contributed by atoms with Crippen LogP contribution in [0.4, 0.5) is 5.82 Å². The smallest absolute Gasteiger partial charge is 0.138 e. The first-order valence-corrected chi connectivity index (χ1v) is 6.02. The zero-order valence-electron chi connectivity index (χ0n) is 10.7. The third-order valence-electron chi connectivity index (χ3n) is 2.60. The molecule has 0 aromatic carbocycles. The highest BCUT2D eigenvalue weighted by molar-refractivity contribution is 5.67. The summed E-state index contributed by atoms with van der Waals surface area (Å²) in [5, 5.41) is 0. The van der Waals surface area contributed by atoms with Crippen LogP contribution in [0.25, 0.3) is 11.1 Å². The molecule has 2 heterocycles. The van der Waals surface area contributed by atoms with Crippen LogP contribution < -0.4 is 10.5 Å². The van der Waals surface area contributed by atoms with Crippen LogP contribution in [0.1, 0.15) is 19.0 Å². The molecule has 0 aliphatic rings. The van der Waals surface area contributed by atoms with Crippen molar-refractivity contribution in [3.63, 3.8) is 0 Å². The number of hydrogen-bond donors (Lipinski definition) is 1. The molecule has 2 aromatic rings. The minimum atomic E-state index is 0.530. The molecule has 0 unspecified atom stereocenters. The Morgan fingerprint density at radius 3 is 2.83 bits per heavy atom. The second-order valence-corrected chi connectivity index (χ2v) is 4.13. The number of aryl methyl sites for hydroxylation is 1. The molecule has 94 valence electrons. The molecule has 4 nitrogen and oxygen atoms in total. The molecular weight excluding hydrogens is 226 g/mol. The first-order chi connectivity index (χ1) is 8.70. The van der Waals surface area contributed by atoms with E-state index in [0.29, 0.717) is 12.4 Å². The molecule has 18 heavy (non-hydrogen) atoms. The van der Waals surface area contributed by atoms with Gasteiger partial charge in [0.2, 0.25) is 0 Å². The van der Waals surface area contributed by atoms with Crippen molar-refractivity contribution in [2.24, 2.45) is 0 Å². The zero-order valence-corrected chi connectivity index (χ0v) is 10.7. The standard InChI is InChI=1S/C14H17N3O/c1-3-6-18-12-7-11(8-16-9-12)13-4-5-14(15)17-10(13)2/h4-5,7-9H,3,6H2,1-2H3,(H2,15,17). The van der Waals surface area contributed by atoms with Gasteiger partial charge < -0.3 is 10.5 Å². The molecular formula is C14H17N3O. The van der Waals surface area contributed by atoms with Crippen molar-refractivity contribution in [1.82, 2.24) is 9.97 Å². The van der Waals surface area contributed by atoms with E-state index in [1.165, 1.54) is 0 Å². The van der Waals surface area contributed by atoms with Crippen molar-refractivity contribution in [1.29, 1.82) is 0 Å². The summed E-state index contributed by atoms with van der Waals surface area (Å²) >= 11 is 0. The molecule has 0 saturated carbocycles. The first-order valence-electron chi connectivity index (χ1n) is 6.02. The maximum Gasteiger partial charge on any atom is 0.138 e. The highest BCUT2D eigenvalue weighted by Crippen LogP contribution is 2.25. The normalized spacial score (nSPS) is 10.3. The van der Waals surface area contributed by atoms with E-state index in [1.807, 2.05) is 19.1 Å². The third kappa shape index (κ3) is 2.77. The quantitative estimate of drug-likeness (QED) is 0.897. The van der Waals surface area contributed by atoms with Crippen LogP contribution in [0.2, 0.25) is 0 Å². The Bertz CT molecular complexity index is 540. The van der Waals surface area contributed by atoms with Crippen molar-refractivity contribution >= 4 is 5.82 Å². The van der Waals surface area contributed by atoms with Gasteiger partial charge in [-0.05, 0) is 31.5 Å². The largest absolute Gasteiger partial charge is 0.492 e. The lowest BCUT2D eigenvalue weighted by Crippen LogP contribution is -1.97. The summed E-state index contributed by atoms with van der Waals surface area (Å²) in [7, 11) is 0. The van der Waals surface area contributed by atoms with Crippen molar-refractivity contribution in [3.8, 4) is 16.9 Å². The van der Waals surface area contributed by atoms with E-state index in [1.54, 1.807) is 18.5 Å². The van der Waals surface area contributed by atoms with E-state index in [4.69, 9.17) is 10.5 Å². The molecule has 2 aromatic heterocycles. The summed E-state index contributed by atoms with van der Waals surface area (Å²) < 4.78 is 5.57. The highest BCUT2D eigenvalue weighted by Gasteiger charge is 2.05. The van der Waals surface area contributed by atoms with Gasteiger partial charge in [0.25, 0.3) is 0 Å². The monoisotopic (exact) mass is 243 g/mol. The zero-order chi connectivity index (χ0) is 13.0. The van der Waals surface area contributed by atoms with E-state index in [9.17, 15) is 0 Å². The van der Waals surface area contributed by atoms with Crippen molar-refractivity contribution in [3.05, 3.63) is 36.3 Å². The summed E-state index contributed by atoms with van der Waals surface area (Å²) in [4.78, 5) is 8.44. The topological polar surface area (TPSA) is 61.0 Å². The molecule has 0 spiro atoms. The molecule has 2 rings (SSSR count). The summed E-state index contributed by atoms with van der Waals surface area (Å²) in [5.74, 6) is 1.31. The Labute approximate surface area is 107 Å². The molecule has 4 heteroatoms. The fraction of sp³-hybridized carbons (Fsp3) is 0.286. The van der Waals surface area contributed by atoms with Gasteiger partial charge in [-0.1, -0.05) is 6.92 Å². The predicted octanol–water partition coefficient (Wildman–Crippen LogP) is 2.82. The lowest BCUT2D eigenvalue weighted by molar-refractivity contribution is 0.316. The van der Waals surface area contributed by atoms with Gasteiger partial charge in [-0.25, -0.2) is 4.98 Å². The first kappa shape index (κ1) is 12.4. The van der Waals surface area contributed by atoms with Crippen LogP contribution in [-0.4, -0.2) is 16.6 Å². The van der Waals surface area contributed by atoms with Gasteiger partial charge in [-0.15, -0.1) is 0 Å². The van der Waals surface area contributed by atoms with Crippen LogP contribution >= 0.6 is 0 Å². The van der Waals surface area contributed by atoms with Gasteiger partial charge in [0, 0.05) is 23.0 Å². The Morgan fingerprint density at radius 2 is 2.11 bits per heavy atom. The fourth-order valence-corrected chi connectivity index (χ4v) is 1.75. The van der Waals surface area contributed by atoms with Gasteiger partial charge >= 0.3 is 0 Å². The number of anilines is 1. The van der Waals surface area contributed by atoms with Crippen LogP contribution in [0.15, 0.2) is 30.6 Å². The molecule has 2 N–H and O–H groups in total. The molecule has 0 amide bonds. The van der Waals surface area contributed by atoms with Gasteiger partial charge in [0.15, 0.2) is 0 Å². The number of hydrogen-bond acceptors (Lipinski definition) is 4.